The van der Waals surface area contributed by atoms with Gasteiger partial charge < -0.3 is 15.0 Å². The molecule has 4 nitrogen and oxygen atoms in total. The number of ether oxygens (including phenoxy) is 1. The molecule has 1 aliphatic rings. The second kappa shape index (κ2) is 7.69. The van der Waals surface area contributed by atoms with E-state index in [-0.39, 0.29) is 17.2 Å². The summed E-state index contributed by atoms with van der Waals surface area (Å²) in [6.07, 6.45) is -1.07. The van der Waals surface area contributed by atoms with E-state index in [4.69, 9.17) is 4.74 Å². The predicted molar refractivity (Wildman–Crippen MR) is 119 cm³/mol. The third kappa shape index (κ3) is 4.06. The van der Waals surface area contributed by atoms with Crippen molar-refractivity contribution < 1.29 is 22.7 Å². The van der Waals surface area contributed by atoms with E-state index in [1.54, 1.807) is 18.3 Å². The van der Waals surface area contributed by atoms with E-state index in [0.29, 0.717) is 22.2 Å². The van der Waals surface area contributed by atoms with Gasteiger partial charge in [0, 0.05) is 11.7 Å². The summed E-state index contributed by atoms with van der Waals surface area (Å²) < 4.78 is 44.4. The summed E-state index contributed by atoms with van der Waals surface area (Å²) in [7, 11) is 0. The van der Waals surface area contributed by atoms with E-state index in [9.17, 15) is 18.0 Å². The summed E-state index contributed by atoms with van der Waals surface area (Å²) in [5.74, 6) is 0.406. The maximum Gasteiger partial charge on any atom is 0.416 e. The Hall–Kier alpha value is -3.74. The van der Waals surface area contributed by atoms with Crippen LogP contribution < -0.4 is 10.1 Å². The Bertz CT molecular complexity index is 1320. The third-order valence-electron chi connectivity index (χ3n) is 6.03. The first kappa shape index (κ1) is 21.1. The highest BCUT2D eigenvalue weighted by molar-refractivity contribution is 6.09. The summed E-state index contributed by atoms with van der Waals surface area (Å²) in [6.45, 7) is 2.02. The van der Waals surface area contributed by atoms with E-state index in [1.807, 2.05) is 37.3 Å². The van der Waals surface area contributed by atoms with E-state index in [0.717, 1.165) is 36.1 Å². The lowest BCUT2D eigenvalue weighted by molar-refractivity contribution is -0.137. The molecule has 1 saturated carbocycles. The second-order valence-corrected chi connectivity index (χ2v) is 8.41. The average Bonchev–Trinajstić information content (AvgIpc) is 3.42. The Morgan fingerprint density at radius 1 is 1.00 bits per heavy atom. The Morgan fingerprint density at radius 3 is 2.33 bits per heavy atom. The van der Waals surface area contributed by atoms with Gasteiger partial charge in [0.05, 0.1) is 22.1 Å². The van der Waals surface area contributed by atoms with Crippen molar-refractivity contribution in [3.8, 4) is 11.5 Å². The summed E-state index contributed by atoms with van der Waals surface area (Å²) in [4.78, 5) is 16.4. The standard InChI is InChI=1S/C26H21F3N2O2/c1-16-5-7-17(8-6-16)25(13-14-25)31-24(32)20-15-30-21-3-2-4-22(23(20)21)33-19-11-9-18(10-12-19)26(27,28)29/h2-12,15,30H,13-14H2,1H3,(H,31,32). The number of fused-ring (bicyclic) bond motifs is 1. The number of carbonyl (C=O) groups is 1. The number of amides is 1. The van der Waals surface area contributed by atoms with Gasteiger partial charge in [0.1, 0.15) is 11.5 Å². The maximum absolute atomic E-state index is 13.3. The van der Waals surface area contributed by atoms with Gasteiger partial charge in [-0.25, -0.2) is 0 Å². The fourth-order valence-corrected chi connectivity index (χ4v) is 4.02. The first-order chi connectivity index (χ1) is 15.7. The van der Waals surface area contributed by atoms with Gasteiger partial charge in [0.15, 0.2) is 0 Å². The van der Waals surface area contributed by atoms with Crippen molar-refractivity contribution >= 4 is 16.8 Å². The lowest BCUT2D eigenvalue weighted by Gasteiger charge is -2.18. The number of benzene rings is 3. The van der Waals surface area contributed by atoms with Crippen LogP contribution in [0.15, 0.2) is 72.9 Å². The Labute approximate surface area is 188 Å². The van der Waals surface area contributed by atoms with Gasteiger partial charge in [-0.3, -0.25) is 4.79 Å². The van der Waals surface area contributed by atoms with Gasteiger partial charge in [-0.1, -0.05) is 35.9 Å². The molecule has 4 aromatic rings. The average molecular weight is 450 g/mol. The second-order valence-electron chi connectivity index (χ2n) is 8.41. The van der Waals surface area contributed by atoms with Crippen molar-refractivity contribution in [2.75, 3.05) is 0 Å². The number of rotatable bonds is 5. The Morgan fingerprint density at radius 2 is 1.70 bits per heavy atom. The SMILES string of the molecule is Cc1ccc(C2(NC(=O)c3c[nH]c4cccc(Oc5ccc(C(F)(F)F)cc5)c34)CC2)cc1. The number of aryl methyl sites for hydroxylation is 1. The van der Waals surface area contributed by atoms with Crippen LogP contribution >= 0.6 is 0 Å². The van der Waals surface area contributed by atoms with E-state index in [1.165, 1.54) is 12.1 Å². The lowest BCUT2D eigenvalue weighted by Crippen LogP contribution is -2.34. The quantitative estimate of drug-likeness (QED) is 0.355. The van der Waals surface area contributed by atoms with E-state index >= 15 is 0 Å². The molecule has 0 spiro atoms. The molecule has 2 N–H and O–H groups in total. The molecule has 33 heavy (non-hydrogen) atoms. The molecule has 168 valence electrons. The number of hydrogen-bond acceptors (Lipinski definition) is 2. The van der Waals surface area contributed by atoms with Crippen LogP contribution in [0.1, 0.15) is 39.9 Å². The van der Waals surface area contributed by atoms with Crippen molar-refractivity contribution in [1.82, 2.24) is 10.3 Å². The molecule has 0 aliphatic heterocycles. The maximum atomic E-state index is 13.3. The van der Waals surface area contributed by atoms with Crippen LogP contribution in [0.5, 0.6) is 11.5 Å². The molecule has 7 heteroatoms. The van der Waals surface area contributed by atoms with Gasteiger partial charge in [-0.05, 0) is 61.7 Å². The molecule has 5 rings (SSSR count). The molecular weight excluding hydrogens is 429 g/mol. The van der Waals surface area contributed by atoms with Crippen molar-refractivity contribution in [3.63, 3.8) is 0 Å². The fraction of sp³-hybridized carbons (Fsp3) is 0.192. The van der Waals surface area contributed by atoms with Crippen LogP contribution in [0.4, 0.5) is 13.2 Å². The van der Waals surface area contributed by atoms with Crippen LogP contribution in [-0.2, 0) is 11.7 Å². The number of H-pyrrole nitrogens is 1. The molecule has 0 unspecified atom stereocenters. The number of alkyl halides is 3. The van der Waals surface area contributed by atoms with Crippen molar-refractivity contribution in [2.45, 2.75) is 31.5 Å². The highest BCUT2D eigenvalue weighted by atomic mass is 19.4. The summed E-state index contributed by atoms with van der Waals surface area (Å²) in [5, 5.41) is 3.75. The zero-order chi connectivity index (χ0) is 23.2. The van der Waals surface area contributed by atoms with Crippen LogP contribution in [0.25, 0.3) is 10.9 Å². The normalized spacial score (nSPS) is 14.8. The van der Waals surface area contributed by atoms with Crippen molar-refractivity contribution in [2.24, 2.45) is 0 Å². The molecule has 1 heterocycles. The molecule has 1 aromatic heterocycles. The van der Waals surface area contributed by atoms with E-state index < -0.39 is 11.7 Å². The zero-order valence-corrected chi connectivity index (χ0v) is 17.8. The summed E-state index contributed by atoms with van der Waals surface area (Å²) >= 11 is 0. The lowest BCUT2D eigenvalue weighted by atomic mass is 10.0. The number of nitrogens with one attached hydrogen (secondary N) is 2. The predicted octanol–water partition coefficient (Wildman–Crippen LogP) is 6.71. The molecule has 0 radical (unpaired) electrons. The van der Waals surface area contributed by atoms with E-state index in [2.05, 4.69) is 10.3 Å². The van der Waals surface area contributed by atoms with Crippen LogP contribution in [-0.4, -0.2) is 10.9 Å². The largest absolute Gasteiger partial charge is 0.457 e. The number of aromatic amines is 1. The number of aromatic nitrogens is 1. The highest BCUT2D eigenvalue weighted by Crippen LogP contribution is 2.46. The van der Waals surface area contributed by atoms with Crippen molar-refractivity contribution in [1.29, 1.82) is 0 Å². The monoisotopic (exact) mass is 450 g/mol. The molecular formula is C26H21F3N2O2. The fourth-order valence-electron chi connectivity index (χ4n) is 4.02. The third-order valence-corrected chi connectivity index (χ3v) is 6.03. The number of carbonyl (C=O) groups excluding carboxylic acids is 1. The zero-order valence-electron chi connectivity index (χ0n) is 17.8. The van der Waals surface area contributed by atoms with Crippen LogP contribution in [0.2, 0.25) is 0 Å². The topological polar surface area (TPSA) is 54.1 Å². The Kier molecular flexibility index (Phi) is 4.92. The minimum Gasteiger partial charge on any atom is -0.457 e. The first-order valence-corrected chi connectivity index (χ1v) is 10.6. The number of hydrogen-bond donors (Lipinski definition) is 2. The molecule has 3 aromatic carbocycles. The molecule has 1 amide bonds. The molecule has 0 atom stereocenters. The van der Waals surface area contributed by atoms with Crippen LogP contribution in [0, 0.1) is 6.92 Å². The molecule has 1 aliphatic carbocycles. The minimum absolute atomic E-state index is 0.234. The molecule has 0 bridgehead atoms. The van der Waals surface area contributed by atoms with Gasteiger partial charge in [-0.15, -0.1) is 0 Å². The van der Waals surface area contributed by atoms with Gasteiger partial charge >= 0.3 is 6.18 Å². The number of halogens is 3. The van der Waals surface area contributed by atoms with Crippen LogP contribution in [0.3, 0.4) is 0 Å². The smallest absolute Gasteiger partial charge is 0.416 e. The van der Waals surface area contributed by atoms with Gasteiger partial charge in [-0.2, -0.15) is 13.2 Å². The van der Waals surface area contributed by atoms with Gasteiger partial charge in [0.25, 0.3) is 5.91 Å². The summed E-state index contributed by atoms with van der Waals surface area (Å²) in [5.41, 5.74) is 2.22. The Balaban J connectivity index is 1.43. The molecule has 1 fully saturated rings. The van der Waals surface area contributed by atoms with Gasteiger partial charge in [0.2, 0.25) is 0 Å². The molecule has 0 saturated heterocycles. The summed E-state index contributed by atoms with van der Waals surface area (Å²) in [6, 6.07) is 17.9. The minimum atomic E-state index is -4.42. The first-order valence-electron chi connectivity index (χ1n) is 10.6. The highest BCUT2D eigenvalue weighted by Gasteiger charge is 2.46. The van der Waals surface area contributed by atoms with Crippen molar-refractivity contribution in [3.05, 3.63) is 95.2 Å².